The van der Waals surface area contributed by atoms with Gasteiger partial charge in [-0.2, -0.15) is 4.52 Å². The molecule has 0 saturated carbocycles. The van der Waals surface area contributed by atoms with Crippen LogP contribution in [0, 0.1) is 13.8 Å². The maximum atomic E-state index is 4.51. The van der Waals surface area contributed by atoms with E-state index < -0.39 is 0 Å². The highest BCUT2D eigenvalue weighted by Gasteiger charge is 2.07. The Balaban J connectivity index is 1.51. The van der Waals surface area contributed by atoms with E-state index in [0.717, 1.165) is 30.3 Å². The molecular formula is C17H18N6. The van der Waals surface area contributed by atoms with Crippen molar-refractivity contribution in [3.8, 4) is 0 Å². The lowest BCUT2D eigenvalue weighted by atomic mass is 10.1. The van der Waals surface area contributed by atoms with Gasteiger partial charge >= 0.3 is 0 Å². The van der Waals surface area contributed by atoms with Gasteiger partial charge in [0.05, 0.1) is 0 Å². The van der Waals surface area contributed by atoms with Crippen molar-refractivity contribution in [1.29, 1.82) is 0 Å². The molecule has 0 aliphatic heterocycles. The minimum atomic E-state index is 0.764. The Bertz CT molecular complexity index is 981. The second-order valence-corrected chi connectivity index (χ2v) is 5.72. The Morgan fingerprint density at radius 2 is 2.04 bits per heavy atom. The smallest absolute Gasteiger partial charge is 0.178 e. The monoisotopic (exact) mass is 306 g/mol. The second-order valence-electron chi connectivity index (χ2n) is 5.72. The highest BCUT2D eigenvalue weighted by atomic mass is 15.4. The summed E-state index contributed by atoms with van der Waals surface area (Å²) in [6.07, 6.45) is 3.03. The Morgan fingerprint density at radius 1 is 1.13 bits per heavy atom. The molecule has 6 nitrogen and oxygen atoms in total. The summed E-state index contributed by atoms with van der Waals surface area (Å²) in [4.78, 5) is 3.34. The first kappa shape index (κ1) is 13.8. The first-order valence-corrected chi connectivity index (χ1v) is 7.71. The highest BCUT2D eigenvalue weighted by molar-refractivity contribution is 5.86. The molecule has 0 aliphatic rings. The summed E-state index contributed by atoms with van der Waals surface area (Å²) >= 11 is 0. The Hall–Kier alpha value is -2.89. The van der Waals surface area contributed by atoms with Crippen molar-refractivity contribution in [1.82, 2.24) is 24.8 Å². The number of aryl methyl sites for hydroxylation is 2. The van der Waals surface area contributed by atoms with Gasteiger partial charge in [0.15, 0.2) is 11.5 Å². The number of anilines is 1. The van der Waals surface area contributed by atoms with Crippen molar-refractivity contribution in [2.24, 2.45) is 0 Å². The van der Waals surface area contributed by atoms with E-state index in [2.05, 4.69) is 56.9 Å². The van der Waals surface area contributed by atoms with Crippen LogP contribution in [0.2, 0.25) is 0 Å². The lowest BCUT2D eigenvalue weighted by Gasteiger charge is -2.06. The molecule has 0 atom stereocenters. The molecule has 0 bridgehead atoms. The van der Waals surface area contributed by atoms with Crippen LogP contribution in [-0.2, 0) is 6.42 Å². The molecule has 116 valence electrons. The van der Waals surface area contributed by atoms with Gasteiger partial charge in [-0.05, 0) is 49.6 Å². The first-order valence-electron chi connectivity index (χ1n) is 7.71. The second kappa shape index (κ2) is 5.39. The molecule has 1 aromatic carbocycles. The SMILES string of the molecule is Cc1cccc2[nH]cc(CCNc3ccc4nnc(C)n4n3)c12. The largest absolute Gasteiger partial charge is 0.368 e. The molecule has 0 saturated heterocycles. The van der Waals surface area contributed by atoms with Crippen molar-refractivity contribution in [2.75, 3.05) is 11.9 Å². The number of nitrogens with one attached hydrogen (secondary N) is 2. The molecule has 0 spiro atoms. The summed E-state index contributed by atoms with van der Waals surface area (Å²) in [6.45, 7) is 4.86. The van der Waals surface area contributed by atoms with Crippen LogP contribution >= 0.6 is 0 Å². The third-order valence-electron chi connectivity index (χ3n) is 4.11. The van der Waals surface area contributed by atoms with Crippen molar-refractivity contribution >= 4 is 22.4 Å². The molecule has 23 heavy (non-hydrogen) atoms. The highest BCUT2D eigenvalue weighted by Crippen LogP contribution is 2.22. The predicted octanol–water partition coefficient (Wildman–Crippen LogP) is 2.88. The topological polar surface area (TPSA) is 70.9 Å². The summed E-state index contributed by atoms with van der Waals surface area (Å²) in [6, 6.07) is 10.2. The first-order chi connectivity index (χ1) is 11.2. The van der Waals surface area contributed by atoms with Crippen LogP contribution in [0.4, 0.5) is 5.82 Å². The lowest BCUT2D eigenvalue weighted by molar-refractivity contribution is 0.868. The van der Waals surface area contributed by atoms with E-state index >= 15 is 0 Å². The molecule has 0 unspecified atom stereocenters. The average Bonchev–Trinajstić information content (AvgIpc) is 3.13. The van der Waals surface area contributed by atoms with E-state index in [1.807, 2.05) is 19.1 Å². The number of hydrogen-bond donors (Lipinski definition) is 2. The fourth-order valence-corrected chi connectivity index (χ4v) is 2.96. The normalized spacial score (nSPS) is 11.4. The molecule has 0 amide bonds. The molecule has 6 heteroatoms. The summed E-state index contributed by atoms with van der Waals surface area (Å²) in [5.74, 6) is 1.62. The summed E-state index contributed by atoms with van der Waals surface area (Å²) in [5, 5.41) is 17.3. The van der Waals surface area contributed by atoms with Gasteiger partial charge < -0.3 is 10.3 Å². The molecule has 4 aromatic rings. The molecule has 3 heterocycles. The maximum Gasteiger partial charge on any atom is 0.178 e. The molecule has 0 fully saturated rings. The molecule has 4 rings (SSSR count). The third kappa shape index (κ3) is 2.42. The predicted molar refractivity (Wildman–Crippen MR) is 90.7 cm³/mol. The fourth-order valence-electron chi connectivity index (χ4n) is 2.96. The maximum absolute atomic E-state index is 4.51. The summed E-state index contributed by atoms with van der Waals surface area (Å²) < 4.78 is 1.75. The van der Waals surface area contributed by atoms with Crippen molar-refractivity contribution in [2.45, 2.75) is 20.3 Å². The van der Waals surface area contributed by atoms with Crippen LogP contribution in [-0.4, -0.2) is 31.3 Å². The van der Waals surface area contributed by atoms with Gasteiger partial charge in [0.1, 0.15) is 5.82 Å². The van der Waals surface area contributed by atoms with Gasteiger partial charge in [-0.3, -0.25) is 0 Å². The van der Waals surface area contributed by atoms with Gasteiger partial charge in [-0.25, -0.2) is 0 Å². The van der Waals surface area contributed by atoms with Crippen LogP contribution in [0.5, 0.6) is 0 Å². The van der Waals surface area contributed by atoms with E-state index in [-0.39, 0.29) is 0 Å². The summed E-state index contributed by atoms with van der Waals surface area (Å²) in [5.41, 5.74) is 4.59. The van der Waals surface area contributed by atoms with Crippen LogP contribution < -0.4 is 5.32 Å². The minimum Gasteiger partial charge on any atom is -0.368 e. The van der Waals surface area contributed by atoms with Gasteiger partial charge in [-0.15, -0.1) is 15.3 Å². The fraction of sp³-hybridized carbons (Fsp3) is 0.235. The quantitative estimate of drug-likeness (QED) is 0.608. The van der Waals surface area contributed by atoms with Crippen LogP contribution in [0.25, 0.3) is 16.6 Å². The van der Waals surface area contributed by atoms with E-state index in [0.29, 0.717) is 0 Å². The van der Waals surface area contributed by atoms with Gasteiger partial charge in [0.2, 0.25) is 0 Å². The number of nitrogens with zero attached hydrogens (tertiary/aromatic N) is 4. The molecule has 3 aromatic heterocycles. The molecule has 0 radical (unpaired) electrons. The Morgan fingerprint density at radius 3 is 2.96 bits per heavy atom. The van der Waals surface area contributed by atoms with Crippen LogP contribution in [0.1, 0.15) is 17.0 Å². The molecule has 2 N–H and O–H groups in total. The van der Waals surface area contributed by atoms with E-state index in [1.54, 1.807) is 4.52 Å². The van der Waals surface area contributed by atoms with Gasteiger partial charge in [0.25, 0.3) is 0 Å². The lowest BCUT2D eigenvalue weighted by Crippen LogP contribution is -2.08. The van der Waals surface area contributed by atoms with Crippen molar-refractivity contribution < 1.29 is 0 Å². The zero-order valence-electron chi connectivity index (χ0n) is 13.2. The Kier molecular flexibility index (Phi) is 3.22. The zero-order chi connectivity index (χ0) is 15.8. The number of aromatic amines is 1. The van der Waals surface area contributed by atoms with Crippen molar-refractivity contribution in [3.05, 3.63) is 53.5 Å². The number of aromatic nitrogens is 5. The minimum absolute atomic E-state index is 0.764. The standard InChI is InChI=1S/C17H18N6/c1-11-4-3-5-14-17(11)13(10-19-14)8-9-18-15-6-7-16-21-20-12(2)23(16)22-15/h3-7,10,19H,8-9H2,1-2H3,(H,18,22). The van der Waals surface area contributed by atoms with Crippen LogP contribution in [0.3, 0.4) is 0 Å². The van der Waals surface area contributed by atoms with Gasteiger partial charge in [-0.1, -0.05) is 12.1 Å². The average molecular weight is 306 g/mol. The third-order valence-corrected chi connectivity index (χ3v) is 4.11. The number of rotatable bonds is 4. The number of H-pyrrole nitrogens is 1. The number of fused-ring (bicyclic) bond motifs is 2. The molecule has 0 aliphatic carbocycles. The van der Waals surface area contributed by atoms with E-state index in [4.69, 9.17) is 0 Å². The number of hydrogen-bond acceptors (Lipinski definition) is 4. The zero-order valence-corrected chi connectivity index (χ0v) is 13.2. The van der Waals surface area contributed by atoms with E-state index in [1.165, 1.54) is 22.0 Å². The van der Waals surface area contributed by atoms with E-state index in [9.17, 15) is 0 Å². The summed E-state index contributed by atoms with van der Waals surface area (Å²) in [7, 11) is 0. The van der Waals surface area contributed by atoms with Crippen LogP contribution in [0.15, 0.2) is 36.5 Å². The molecular weight excluding hydrogens is 288 g/mol. The van der Waals surface area contributed by atoms with Gasteiger partial charge in [0, 0.05) is 23.6 Å². The van der Waals surface area contributed by atoms with Crippen molar-refractivity contribution in [3.63, 3.8) is 0 Å². The number of benzene rings is 1. The Labute approximate surface area is 133 Å².